The van der Waals surface area contributed by atoms with Gasteiger partial charge in [0.15, 0.2) is 0 Å². The lowest BCUT2D eigenvalue weighted by atomic mass is 10.1. The fraction of sp³-hybridized carbons (Fsp3) is 0.238. The summed E-state index contributed by atoms with van der Waals surface area (Å²) in [5.41, 5.74) is 2.08. The maximum Gasteiger partial charge on any atom is 0.236 e. The van der Waals surface area contributed by atoms with Crippen LogP contribution in [0.25, 0.3) is 10.8 Å². The Labute approximate surface area is 152 Å². The zero-order valence-corrected chi connectivity index (χ0v) is 15.0. The van der Waals surface area contributed by atoms with Crippen LogP contribution in [0.3, 0.4) is 0 Å². The summed E-state index contributed by atoms with van der Waals surface area (Å²) in [4.78, 5) is 20.4. The predicted octanol–water partition coefficient (Wildman–Crippen LogP) is 3.46. The number of aromatic nitrogens is 1. The van der Waals surface area contributed by atoms with Crippen LogP contribution in [0.4, 0.5) is 4.39 Å². The van der Waals surface area contributed by atoms with Gasteiger partial charge in [-0.2, -0.15) is 0 Å². The molecule has 0 unspecified atom stereocenters. The minimum absolute atomic E-state index is 0.0423. The molecule has 0 aliphatic heterocycles. The van der Waals surface area contributed by atoms with E-state index in [0.29, 0.717) is 19.6 Å². The van der Waals surface area contributed by atoms with E-state index in [-0.39, 0.29) is 11.7 Å². The van der Waals surface area contributed by atoms with Gasteiger partial charge in [-0.05, 0) is 41.8 Å². The number of halogens is 1. The summed E-state index contributed by atoms with van der Waals surface area (Å²) in [6.07, 6.45) is 3.60. The van der Waals surface area contributed by atoms with Crippen molar-refractivity contribution in [3.63, 3.8) is 0 Å². The molecule has 0 spiro atoms. The maximum absolute atomic E-state index is 13.0. The second-order valence-electron chi connectivity index (χ2n) is 6.56. The summed E-state index contributed by atoms with van der Waals surface area (Å²) in [6, 6.07) is 14.4. The SMILES string of the molecule is CN(CC(=O)N(C)Cc1cccc2cnccc12)Cc1ccc(F)cc1. The van der Waals surface area contributed by atoms with E-state index < -0.39 is 0 Å². The van der Waals surface area contributed by atoms with Crippen LogP contribution in [0.2, 0.25) is 0 Å². The third-order valence-electron chi connectivity index (χ3n) is 4.38. The molecule has 3 rings (SSSR count). The Morgan fingerprint density at radius 3 is 2.58 bits per heavy atom. The molecule has 5 heteroatoms. The number of carbonyl (C=O) groups is 1. The molecule has 0 saturated heterocycles. The fourth-order valence-electron chi connectivity index (χ4n) is 2.98. The van der Waals surface area contributed by atoms with Gasteiger partial charge in [0.2, 0.25) is 5.91 Å². The minimum atomic E-state index is -0.252. The smallest absolute Gasteiger partial charge is 0.236 e. The Kier molecular flexibility index (Phi) is 5.58. The van der Waals surface area contributed by atoms with Crippen LogP contribution in [0.15, 0.2) is 60.9 Å². The number of hydrogen-bond donors (Lipinski definition) is 0. The standard InChI is InChI=1S/C21H22FN3O/c1-24(13-16-6-8-19(22)9-7-16)15-21(26)25(2)14-18-5-3-4-17-12-23-11-10-20(17)18/h3-12H,13-15H2,1-2H3. The molecule has 0 aliphatic rings. The molecule has 0 N–H and O–H groups in total. The number of amides is 1. The average Bonchev–Trinajstić information content (AvgIpc) is 2.64. The quantitative estimate of drug-likeness (QED) is 0.682. The van der Waals surface area contributed by atoms with Crippen molar-refractivity contribution in [3.05, 3.63) is 77.9 Å². The number of likely N-dealkylation sites (N-methyl/N-ethyl adjacent to an activating group) is 2. The van der Waals surface area contributed by atoms with Gasteiger partial charge in [0.25, 0.3) is 0 Å². The number of rotatable bonds is 6. The molecule has 134 valence electrons. The van der Waals surface area contributed by atoms with E-state index in [1.54, 1.807) is 23.2 Å². The molecule has 0 atom stereocenters. The lowest BCUT2D eigenvalue weighted by Gasteiger charge is -2.22. The number of carbonyl (C=O) groups excluding carboxylic acids is 1. The van der Waals surface area contributed by atoms with Crippen molar-refractivity contribution in [1.29, 1.82) is 0 Å². The van der Waals surface area contributed by atoms with Crippen LogP contribution < -0.4 is 0 Å². The number of fused-ring (bicyclic) bond motifs is 1. The molecule has 1 amide bonds. The Hall–Kier alpha value is -2.79. The molecule has 0 radical (unpaired) electrons. The van der Waals surface area contributed by atoms with Gasteiger partial charge in [-0.3, -0.25) is 14.7 Å². The van der Waals surface area contributed by atoms with Gasteiger partial charge < -0.3 is 4.90 Å². The van der Waals surface area contributed by atoms with Gasteiger partial charge in [-0.15, -0.1) is 0 Å². The molecule has 1 aromatic heterocycles. The number of hydrogen-bond acceptors (Lipinski definition) is 3. The van der Waals surface area contributed by atoms with Gasteiger partial charge in [0, 0.05) is 37.9 Å². The summed E-state index contributed by atoms with van der Waals surface area (Å²) in [5.74, 6) is -0.210. The summed E-state index contributed by atoms with van der Waals surface area (Å²) in [5, 5.41) is 2.18. The molecule has 3 aromatic rings. The van der Waals surface area contributed by atoms with E-state index in [1.807, 2.05) is 49.5 Å². The van der Waals surface area contributed by atoms with Crippen LogP contribution in [0.5, 0.6) is 0 Å². The predicted molar refractivity (Wildman–Crippen MR) is 101 cm³/mol. The van der Waals surface area contributed by atoms with Crippen LogP contribution in [-0.2, 0) is 17.9 Å². The van der Waals surface area contributed by atoms with E-state index in [2.05, 4.69) is 4.98 Å². The summed E-state index contributed by atoms with van der Waals surface area (Å²) >= 11 is 0. The highest BCUT2D eigenvalue weighted by molar-refractivity contribution is 5.85. The van der Waals surface area contributed by atoms with Gasteiger partial charge in [0.1, 0.15) is 5.82 Å². The fourth-order valence-corrected chi connectivity index (χ4v) is 2.98. The van der Waals surface area contributed by atoms with Crippen molar-refractivity contribution < 1.29 is 9.18 Å². The highest BCUT2D eigenvalue weighted by Gasteiger charge is 2.13. The molecule has 1 heterocycles. The van der Waals surface area contributed by atoms with Gasteiger partial charge >= 0.3 is 0 Å². The van der Waals surface area contributed by atoms with Crippen molar-refractivity contribution in [1.82, 2.24) is 14.8 Å². The van der Waals surface area contributed by atoms with Gasteiger partial charge in [0.05, 0.1) is 6.54 Å². The summed E-state index contributed by atoms with van der Waals surface area (Å²) in [6.45, 7) is 1.45. The van der Waals surface area contributed by atoms with E-state index in [4.69, 9.17) is 0 Å². The zero-order chi connectivity index (χ0) is 18.5. The molecule has 2 aromatic carbocycles. The van der Waals surface area contributed by atoms with Crippen LogP contribution in [0.1, 0.15) is 11.1 Å². The Balaban J connectivity index is 1.61. The molecule has 0 aliphatic carbocycles. The summed E-state index contributed by atoms with van der Waals surface area (Å²) < 4.78 is 13.0. The van der Waals surface area contributed by atoms with Crippen LogP contribution in [-0.4, -0.2) is 41.3 Å². The molecule has 26 heavy (non-hydrogen) atoms. The second-order valence-corrected chi connectivity index (χ2v) is 6.56. The first-order valence-corrected chi connectivity index (χ1v) is 8.51. The Bertz CT molecular complexity index is 890. The minimum Gasteiger partial charge on any atom is -0.340 e. The molecular weight excluding hydrogens is 329 g/mol. The maximum atomic E-state index is 13.0. The number of benzene rings is 2. The highest BCUT2D eigenvalue weighted by atomic mass is 19.1. The van der Waals surface area contributed by atoms with Crippen molar-refractivity contribution in [2.24, 2.45) is 0 Å². The zero-order valence-electron chi connectivity index (χ0n) is 15.0. The average molecular weight is 351 g/mol. The number of pyridine rings is 1. The lowest BCUT2D eigenvalue weighted by Crippen LogP contribution is -2.36. The molecule has 4 nitrogen and oxygen atoms in total. The number of nitrogens with zero attached hydrogens (tertiary/aromatic N) is 3. The molecule has 0 saturated carbocycles. The van der Waals surface area contributed by atoms with Crippen molar-refractivity contribution in [2.45, 2.75) is 13.1 Å². The monoisotopic (exact) mass is 351 g/mol. The van der Waals surface area contributed by atoms with Crippen LogP contribution in [0, 0.1) is 5.82 Å². The molecule has 0 fully saturated rings. The first-order valence-electron chi connectivity index (χ1n) is 8.51. The topological polar surface area (TPSA) is 36.4 Å². The van der Waals surface area contributed by atoms with Crippen molar-refractivity contribution in [3.8, 4) is 0 Å². The third-order valence-corrected chi connectivity index (χ3v) is 4.38. The Morgan fingerprint density at radius 2 is 1.81 bits per heavy atom. The van der Waals surface area contributed by atoms with E-state index in [9.17, 15) is 9.18 Å². The van der Waals surface area contributed by atoms with Crippen LogP contribution >= 0.6 is 0 Å². The van der Waals surface area contributed by atoms with Crippen molar-refractivity contribution >= 4 is 16.7 Å². The van der Waals surface area contributed by atoms with E-state index in [0.717, 1.165) is 21.9 Å². The summed E-state index contributed by atoms with van der Waals surface area (Å²) in [7, 11) is 3.70. The van der Waals surface area contributed by atoms with E-state index in [1.165, 1.54) is 12.1 Å². The largest absolute Gasteiger partial charge is 0.340 e. The highest BCUT2D eigenvalue weighted by Crippen LogP contribution is 2.18. The van der Waals surface area contributed by atoms with E-state index >= 15 is 0 Å². The molecular formula is C21H22FN3O. The van der Waals surface area contributed by atoms with Crippen molar-refractivity contribution in [2.75, 3.05) is 20.6 Å². The Morgan fingerprint density at radius 1 is 1.04 bits per heavy atom. The normalized spacial score (nSPS) is 11.1. The first kappa shape index (κ1) is 18.0. The first-order chi connectivity index (χ1) is 12.5. The lowest BCUT2D eigenvalue weighted by molar-refractivity contribution is -0.131. The second kappa shape index (κ2) is 8.06. The third kappa shape index (κ3) is 4.43. The van der Waals surface area contributed by atoms with Gasteiger partial charge in [-0.1, -0.05) is 30.3 Å². The molecule has 0 bridgehead atoms. The van der Waals surface area contributed by atoms with Gasteiger partial charge in [-0.25, -0.2) is 4.39 Å².